The van der Waals surface area contributed by atoms with Crippen LogP contribution < -0.4 is 37.6 Å². The Morgan fingerprint density at radius 3 is 1.97 bits per heavy atom. The van der Waals surface area contributed by atoms with Crippen molar-refractivity contribution in [3.8, 4) is 0 Å². The highest BCUT2D eigenvalue weighted by molar-refractivity contribution is 5.96. The van der Waals surface area contributed by atoms with Gasteiger partial charge in [0.05, 0.1) is 38.3 Å². The molecule has 0 aromatic heterocycles. The predicted molar refractivity (Wildman–Crippen MR) is 225 cm³/mol. The lowest BCUT2D eigenvalue weighted by molar-refractivity contribution is -0.147. The summed E-state index contributed by atoms with van der Waals surface area (Å²) in [4.78, 5) is 106. The number of carbonyl (C=O) groups is 8. The first-order valence-corrected chi connectivity index (χ1v) is 20.9. The van der Waals surface area contributed by atoms with Crippen molar-refractivity contribution in [1.82, 2.24) is 36.8 Å². The number of aliphatic hydroxyl groups excluding tert-OH is 2. The normalized spacial score (nSPS) is 18.0. The number of nitrogens with one attached hydrogen (secondary N) is 6. The molecule has 2 rings (SSSR count). The number of likely N-dealkylation sites (tertiary alicyclic amines) is 1. The number of nitrogens with two attached hydrogens (primary N) is 1. The van der Waals surface area contributed by atoms with Crippen LogP contribution in [0.25, 0.3) is 0 Å². The lowest BCUT2D eigenvalue weighted by Gasteiger charge is -2.33. The number of esters is 1. The Morgan fingerprint density at radius 1 is 0.820 bits per heavy atom. The molecule has 0 saturated carbocycles. The van der Waals surface area contributed by atoms with Crippen LogP contribution in [0.1, 0.15) is 86.1 Å². The SMILES string of the molecule is CCC(C)C(NC(=O)[C@@H]1CCCN1CC(O)[C@@H](Cc1ccccc1)NC(=O)C(CC(N)=O)NC(=O)[C@H](CC(C)C)NC(=O)C(CO)NC(C)=O)C(=O)NC(C(=O)OC)C(C)C. The van der Waals surface area contributed by atoms with Gasteiger partial charge in [-0.2, -0.15) is 0 Å². The molecule has 9 atom stereocenters. The number of rotatable bonds is 25. The molecule has 19 heteroatoms. The zero-order chi connectivity index (χ0) is 46.0. The van der Waals surface area contributed by atoms with Crippen LogP contribution in [0.2, 0.25) is 0 Å². The van der Waals surface area contributed by atoms with Crippen molar-refractivity contribution in [1.29, 1.82) is 0 Å². The summed E-state index contributed by atoms with van der Waals surface area (Å²) < 4.78 is 4.87. The van der Waals surface area contributed by atoms with E-state index in [4.69, 9.17) is 10.5 Å². The van der Waals surface area contributed by atoms with Gasteiger partial charge in [0.15, 0.2) is 0 Å². The number of methoxy groups -OCH3 is 1. The number of aliphatic hydroxyl groups is 2. The van der Waals surface area contributed by atoms with Crippen molar-refractivity contribution in [3.63, 3.8) is 0 Å². The molecule has 0 radical (unpaired) electrons. The van der Waals surface area contributed by atoms with Gasteiger partial charge < -0.3 is 52.6 Å². The number of carbonyl (C=O) groups excluding carboxylic acids is 8. The maximum Gasteiger partial charge on any atom is 0.328 e. The van der Waals surface area contributed by atoms with Gasteiger partial charge in [0.25, 0.3) is 0 Å². The third kappa shape index (κ3) is 17.0. The van der Waals surface area contributed by atoms with Crippen molar-refractivity contribution in [2.75, 3.05) is 26.8 Å². The summed E-state index contributed by atoms with van der Waals surface area (Å²) in [5.74, 6) is -6.32. The molecule has 19 nitrogen and oxygen atoms in total. The molecule has 0 spiro atoms. The summed E-state index contributed by atoms with van der Waals surface area (Å²) in [7, 11) is 1.23. The number of hydrogen-bond acceptors (Lipinski definition) is 12. The molecule has 6 unspecified atom stereocenters. The predicted octanol–water partition coefficient (Wildman–Crippen LogP) is -1.23. The molecule has 61 heavy (non-hydrogen) atoms. The highest BCUT2D eigenvalue weighted by Crippen LogP contribution is 2.21. The Hall–Kier alpha value is -5.14. The number of benzene rings is 1. The summed E-state index contributed by atoms with van der Waals surface area (Å²) >= 11 is 0. The van der Waals surface area contributed by atoms with E-state index in [9.17, 15) is 48.6 Å². The molecule has 1 fully saturated rings. The smallest absolute Gasteiger partial charge is 0.328 e. The fraction of sp³-hybridized carbons (Fsp3) is 0.667. The van der Waals surface area contributed by atoms with Crippen LogP contribution in [0.5, 0.6) is 0 Å². The van der Waals surface area contributed by atoms with Crippen molar-refractivity contribution in [3.05, 3.63) is 35.9 Å². The largest absolute Gasteiger partial charge is 0.467 e. The third-order valence-electron chi connectivity index (χ3n) is 10.6. The second-order valence-corrected chi connectivity index (χ2v) is 16.5. The second-order valence-electron chi connectivity index (χ2n) is 16.5. The maximum atomic E-state index is 14.0. The first-order chi connectivity index (χ1) is 28.7. The van der Waals surface area contributed by atoms with Crippen molar-refractivity contribution in [2.24, 2.45) is 23.5 Å². The summed E-state index contributed by atoms with van der Waals surface area (Å²) in [6.45, 7) is 11.6. The monoisotopic (exact) mass is 861 g/mol. The first kappa shape index (κ1) is 52.0. The fourth-order valence-electron chi connectivity index (χ4n) is 7.06. The zero-order valence-electron chi connectivity index (χ0n) is 36.7. The van der Waals surface area contributed by atoms with Gasteiger partial charge in [0.2, 0.25) is 41.4 Å². The number of hydrogen-bond donors (Lipinski definition) is 9. The summed E-state index contributed by atoms with van der Waals surface area (Å²) in [5, 5.41) is 37.1. The van der Waals surface area contributed by atoms with Gasteiger partial charge in [0, 0.05) is 13.5 Å². The molecule has 7 amide bonds. The van der Waals surface area contributed by atoms with Gasteiger partial charge in [-0.25, -0.2) is 4.79 Å². The van der Waals surface area contributed by atoms with E-state index in [0.29, 0.717) is 25.8 Å². The fourth-order valence-corrected chi connectivity index (χ4v) is 7.06. The molecule has 1 saturated heterocycles. The highest BCUT2D eigenvalue weighted by atomic mass is 16.5. The maximum absolute atomic E-state index is 14.0. The molecule has 1 heterocycles. The third-order valence-corrected chi connectivity index (χ3v) is 10.6. The summed E-state index contributed by atoms with van der Waals surface area (Å²) in [6, 6.07) is 1.20. The van der Waals surface area contributed by atoms with Crippen LogP contribution >= 0.6 is 0 Å². The van der Waals surface area contributed by atoms with E-state index in [1.165, 1.54) is 7.11 Å². The minimum absolute atomic E-state index is 0.0799. The summed E-state index contributed by atoms with van der Waals surface area (Å²) in [5.41, 5.74) is 6.24. The average Bonchev–Trinajstić information content (AvgIpc) is 3.67. The molecule has 0 aliphatic carbocycles. The van der Waals surface area contributed by atoms with E-state index in [2.05, 4.69) is 31.9 Å². The Balaban J connectivity index is 2.34. The Morgan fingerprint density at radius 2 is 1.43 bits per heavy atom. The van der Waals surface area contributed by atoms with Gasteiger partial charge in [-0.05, 0) is 55.5 Å². The van der Waals surface area contributed by atoms with Crippen LogP contribution in [0.4, 0.5) is 0 Å². The molecular formula is C42H68N8O11. The quantitative estimate of drug-likeness (QED) is 0.0523. The van der Waals surface area contributed by atoms with E-state index in [-0.39, 0.29) is 37.1 Å². The lowest BCUT2D eigenvalue weighted by Crippen LogP contribution is -2.60. The standard InChI is InChI=1S/C42H68N8O11/c1-9-25(6)36(41(59)48-35(24(4)5)42(60)61-8)49-40(58)32-16-13-17-50(32)21-33(53)28(19-27-14-11-10-12-15-27)45-38(56)30(20-34(43)54)47-37(55)29(18-23(2)3)46-39(57)31(22-51)44-26(7)52/h10-12,14-15,23-25,28-33,35-36,51,53H,9,13,16-22H2,1-8H3,(H2,43,54)(H,44,52)(H,45,56)(H,46,57)(H,47,55)(H,48,59)(H,49,58)/t25?,28-,29+,30?,31?,32+,33?,35?,36?/m1/s1. The number of primary amides is 1. The number of β-amino-alcohol motifs (C(OH)–C–C–N with tert-alkyl or cyclic N) is 1. The summed E-state index contributed by atoms with van der Waals surface area (Å²) in [6.07, 6.45) is -0.149. The van der Waals surface area contributed by atoms with Crippen molar-refractivity contribution < 1.29 is 53.3 Å². The zero-order valence-corrected chi connectivity index (χ0v) is 36.7. The highest BCUT2D eigenvalue weighted by Gasteiger charge is 2.39. The topological polar surface area (TPSA) is 288 Å². The molecule has 0 bridgehead atoms. The average molecular weight is 861 g/mol. The Labute approximate surface area is 358 Å². The van der Waals surface area contributed by atoms with Crippen LogP contribution in [-0.2, 0) is 49.5 Å². The van der Waals surface area contributed by atoms with Gasteiger partial charge in [0.1, 0.15) is 30.2 Å². The molecule has 1 aromatic rings. The number of ether oxygens (including phenoxy) is 1. The Kier molecular flexibility index (Phi) is 21.8. The van der Waals surface area contributed by atoms with E-state index < -0.39 is 109 Å². The van der Waals surface area contributed by atoms with Crippen LogP contribution in [0, 0.1) is 17.8 Å². The van der Waals surface area contributed by atoms with E-state index in [0.717, 1.165) is 12.5 Å². The van der Waals surface area contributed by atoms with Gasteiger partial charge in [-0.15, -0.1) is 0 Å². The second kappa shape index (κ2) is 25.6. The van der Waals surface area contributed by atoms with Crippen LogP contribution in [0.15, 0.2) is 30.3 Å². The van der Waals surface area contributed by atoms with Gasteiger partial charge in [-0.3, -0.25) is 38.5 Å². The van der Waals surface area contributed by atoms with Crippen molar-refractivity contribution in [2.45, 2.75) is 135 Å². The van der Waals surface area contributed by atoms with Gasteiger partial charge in [-0.1, -0.05) is 78.3 Å². The molecular weight excluding hydrogens is 793 g/mol. The van der Waals surface area contributed by atoms with Crippen LogP contribution in [-0.4, -0.2) is 138 Å². The molecule has 1 aliphatic heterocycles. The minimum Gasteiger partial charge on any atom is -0.467 e. The molecule has 342 valence electrons. The van der Waals surface area contributed by atoms with E-state index >= 15 is 0 Å². The van der Waals surface area contributed by atoms with E-state index in [1.807, 2.05) is 13.8 Å². The van der Waals surface area contributed by atoms with Crippen LogP contribution in [0.3, 0.4) is 0 Å². The number of amides is 7. The minimum atomic E-state index is -1.53. The molecule has 1 aliphatic rings. The Bertz CT molecular complexity index is 1650. The molecule has 1 aromatic carbocycles. The van der Waals surface area contributed by atoms with Gasteiger partial charge >= 0.3 is 5.97 Å². The van der Waals surface area contributed by atoms with Crippen molar-refractivity contribution >= 4 is 47.3 Å². The molecule has 10 N–H and O–H groups in total. The first-order valence-electron chi connectivity index (χ1n) is 20.9. The number of nitrogens with zero attached hydrogens (tertiary/aromatic N) is 1. The van der Waals surface area contributed by atoms with E-state index in [1.54, 1.807) is 62.9 Å². The lowest BCUT2D eigenvalue weighted by atomic mass is 9.96.